The predicted molar refractivity (Wildman–Crippen MR) is 71.7 cm³/mol. The highest BCUT2D eigenvalue weighted by Gasteiger charge is 2.12. The minimum atomic E-state index is -0.701. The van der Waals surface area contributed by atoms with Gasteiger partial charge in [0.2, 0.25) is 0 Å². The first-order chi connectivity index (χ1) is 9.62. The third-order valence-electron chi connectivity index (χ3n) is 2.15. The maximum absolute atomic E-state index is 11.7. The number of carbonyl (C=O) groups excluding carboxylic acids is 3. The fourth-order valence-electron chi connectivity index (χ4n) is 1.26. The van der Waals surface area contributed by atoms with Gasteiger partial charge in [-0.1, -0.05) is 0 Å². The highest BCUT2D eigenvalue weighted by Crippen LogP contribution is 2.18. The quantitative estimate of drug-likeness (QED) is 0.339. The van der Waals surface area contributed by atoms with E-state index in [9.17, 15) is 14.4 Å². The highest BCUT2D eigenvalue weighted by atomic mass is 32.2. The van der Waals surface area contributed by atoms with Gasteiger partial charge in [-0.3, -0.25) is 20.3 Å². The molecule has 1 rings (SSSR count). The number of benzene rings is 1. The zero-order chi connectivity index (χ0) is 15.0. The maximum atomic E-state index is 11.7. The summed E-state index contributed by atoms with van der Waals surface area (Å²) in [5, 5.41) is 8.84. The summed E-state index contributed by atoms with van der Waals surface area (Å²) in [5.41, 5.74) is 2.23. The number of hydrogen-bond donors (Lipinski definition) is 2. The topological polar surface area (TPSA) is 102 Å². The molecule has 0 aliphatic rings. The van der Waals surface area contributed by atoms with Gasteiger partial charge >= 0.3 is 11.9 Å². The molecule has 0 heterocycles. The standard InChI is InChI=1S/C12H13NO6S/c1-2-18-11(15)7-20-19-12(16)8-3-4-9(6-14)10(5-8)13-17/h3-6,13,17H,2,7H2,1H3. The van der Waals surface area contributed by atoms with Crippen molar-refractivity contribution in [3.63, 3.8) is 0 Å². The molecule has 0 aromatic heterocycles. The smallest absolute Gasteiger partial charge is 0.350 e. The molecule has 0 aliphatic heterocycles. The van der Waals surface area contributed by atoms with E-state index in [0.29, 0.717) is 18.3 Å². The van der Waals surface area contributed by atoms with Crippen molar-refractivity contribution < 1.29 is 28.5 Å². The van der Waals surface area contributed by atoms with Crippen molar-refractivity contribution in [1.29, 1.82) is 0 Å². The Bertz CT molecular complexity index is 505. The molecule has 0 amide bonds. The average molecular weight is 299 g/mol. The van der Waals surface area contributed by atoms with Crippen molar-refractivity contribution >= 4 is 36.0 Å². The van der Waals surface area contributed by atoms with Gasteiger partial charge in [-0.05, 0) is 25.1 Å². The maximum Gasteiger partial charge on any atom is 0.350 e. The van der Waals surface area contributed by atoms with Crippen LogP contribution in [0.4, 0.5) is 5.69 Å². The molecule has 0 radical (unpaired) electrons. The van der Waals surface area contributed by atoms with Crippen LogP contribution in [0.5, 0.6) is 0 Å². The SMILES string of the molecule is CCOC(=O)CSOC(=O)c1ccc(C=O)c(NO)c1. The van der Waals surface area contributed by atoms with E-state index < -0.39 is 11.9 Å². The summed E-state index contributed by atoms with van der Waals surface area (Å²) in [6.45, 7) is 1.93. The van der Waals surface area contributed by atoms with Gasteiger partial charge in [0.25, 0.3) is 0 Å². The lowest BCUT2D eigenvalue weighted by Crippen LogP contribution is -2.09. The summed E-state index contributed by atoms with van der Waals surface area (Å²) >= 11 is 0.651. The van der Waals surface area contributed by atoms with Crippen LogP contribution in [-0.4, -0.2) is 35.8 Å². The molecule has 0 fully saturated rings. The minimum absolute atomic E-state index is 0.0878. The minimum Gasteiger partial charge on any atom is -0.465 e. The van der Waals surface area contributed by atoms with Crippen molar-refractivity contribution in [3.05, 3.63) is 29.3 Å². The lowest BCUT2D eigenvalue weighted by Gasteiger charge is -2.06. The molecule has 7 nitrogen and oxygen atoms in total. The first kappa shape index (κ1) is 16.0. The third kappa shape index (κ3) is 4.56. The molecule has 2 N–H and O–H groups in total. The van der Waals surface area contributed by atoms with Crippen molar-refractivity contribution in [1.82, 2.24) is 0 Å². The number of carbonyl (C=O) groups is 3. The second-order valence-electron chi connectivity index (χ2n) is 3.47. The molecule has 0 atom stereocenters. The van der Waals surface area contributed by atoms with Crippen molar-refractivity contribution in [2.45, 2.75) is 6.92 Å². The summed E-state index contributed by atoms with van der Waals surface area (Å²) in [4.78, 5) is 33.3. The third-order valence-corrected chi connectivity index (χ3v) is 2.78. The Morgan fingerprint density at radius 1 is 1.45 bits per heavy atom. The van der Waals surface area contributed by atoms with Crippen LogP contribution in [0.1, 0.15) is 27.6 Å². The molecular formula is C12H13NO6S. The zero-order valence-corrected chi connectivity index (χ0v) is 11.4. The van der Waals surface area contributed by atoms with Gasteiger partial charge in [0, 0.05) is 5.56 Å². The molecule has 0 saturated carbocycles. The molecule has 0 unspecified atom stereocenters. The Morgan fingerprint density at radius 2 is 2.20 bits per heavy atom. The van der Waals surface area contributed by atoms with Crippen LogP contribution in [0.15, 0.2) is 18.2 Å². The molecule has 1 aromatic rings. The Labute approximate surface area is 119 Å². The van der Waals surface area contributed by atoms with E-state index in [2.05, 4.69) is 4.74 Å². The summed E-state index contributed by atoms with van der Waals surface area (Å²) < 4.78 is 9.46. The zero-order valence-electron chi connectivity index (χ0n) is 10.6. The Balaban J connectivity index is 2.59. The highest BCUT2D eigenvalue weighted by molar-refractivity contribution is 7.95. The normalized spacial score (nSPS) is 9.70. The fourth-order valence-corrected chi connectivity index (χ4v) is 1.71. The lowest BCUT2D eigenvalue weighted by molar-refractivity contribution is -0.139. The van der Waals surface area contributed by atoms with E-state index in [1.54, 1.807) is 6.92 Å². The number of rotatable bonds is 7. The number of anilines is 1. The van der Waals surface area contributed by atoms with Gasteiger partial charge in [0.05, 0.1) is 29.9 Å². The molecule has 8 heteroatoms. The van der Waals surface area contributed by atoms with E-state index in [-0.39, 0.29) is 29.2 Å². The second-order valence-corrected chi connectivity index (χ2v) is 4.16. The first-order valence-electron chi connectivity index (χ1n) is 5.61. The lowest BCUT2D eigenvalue weighted by atomic mass is 10.1. The average Bonchev–Trinajstić information content (AvgIpc) is 2.46. The van der Waals surface area contributed by atoms with Crippen LogP contribution in [0.2, 0.25) is 0 Å². The van der Waals surface area contributed by atoms with Crippen LogP contribution in [-0.2, 0) is 13.7 Å². The van der Waals surface area contributed by atoms with Gasteiger partial charge in [-0.15, -0.1) is 0 Å². The van der Waals surface area contributed by atoms with Crippen LogP contribution in [0, 0.1) is 0 Å². The molecule has 0 saturated heterocycles. The van der Waals surface area contributed by atoms with E-state index in [4.69, 9.17) is 9.39 Å². The first-order valence-corrected chi connectivity index (χ1v) is 6.52. The Hall–Kier alpha value is -2.06. The molecule has 1 aromatic carbocycles. The monoisotopic (exact) mass is 299 g/mol. The molecule has 0 bridgehead atoms. The summed E-state index contributed by atoms with van der Waals surface area (Å²) in [5.74, 6) is -1.30. The van der Waals surface area contributed by atoms with Gasteiger partial charge in [-0.2, -0.15) is 0 Å². The Kier molecular flexibility index (Phi) is 6.54. The van der Waals surface area contributed by atoms with Gasteiger partial charge in [-0.25, -0.2) is 4.79 Å². The van der Waals surface area contributed by atoms with E-state index in [0.717, 1.165) is 0 Å². The molecule has 0 spiro atoms. The van der Waals surface area contributed by atoms with Crippen LogP contribution in [0.25, 0.3) is 0 Å². The van der Waals surface area contributed by atoms with Crippen molar-refractivity contribution in [3.8, 4) is 0 Å². The second kappa shape index (κ2) is 8.18. The van der Waals surface area contributed by atoms with Crippen LogP contribution >= 0.6 is 12.0 Å². The summed E-state index contributed by atoms with van der Waals surface area (Å²) in [6.07, 6.45) is 0.531. The Morgan fingerprint density at radius 3 is 2.80 bits per heavy atom. The van der Waals surface area contributed by atoms with E-state index in [1.807, 2.05) is 5.48 Å². The van der Waals surface area contributed by atoms with E-state index in [1.165, 1.54) is 18.2 Å². The van der Waals surface area contributed by atoms with Gasteiger partial charge in [0.15, 0.2) is 6.29 Å². The summed E-state index contributed by atoms with van der Waals surface area (Å²) in [7, 11) is 0. The van der Waals surface area contributed by atoms with Crippen molar-refractivity contribution in [2.24, 2.45) is 0 Å². The molecule has 108 valence electrons. The predicted octanol–water partition coefficient (Wildman–Crippen LogP) is 1.67. The largest absolute Gasteiger partial charge is 0.465 e. The van der Waals surface area contributed by atoms with Gasteiger partial charge in [0.1, 0.15) is 5.75 Å². The fraction of sp³-hybridized carbons (Fsp3) is 0.250. The number of hydrogen-bond acceptors (Lipinski definition) is 8. The molecule has 0 aliphatic carbocycles. The summed E-state index contributed by atoms with van der Waals surface area (Å²) in [6, 6.07) is 3.99. The number of aldehydes is 1. The van der Waals surface area contributed by atoms with Crippen molar-refractivity contribution in [2.75, 3.05) is 17.8 Å². The van der Waals surface area contributed by atoms with Crippen LogP contribution < -0.4 is 5.48 Å². The molecular weight excluding hydrogens is 286 g/mol. The van der Waals surface area contributed by atoms with E-state index >= 15 is 0 Å². The number of ether oxygens (including phenoxy) is 1. The molecule has 20 heavy (non-hydrogen) atoms. The number of esters is 1. The van der Waals surface area contributed by atoms with Gasteiger partial charge < -0.3 is 8.92 Å². The van der Waals surface area contributed by atoms with Crippen LogP contribution in [0.3, 0.4) is 0 Å². The number of nitrogens with one attached hydrogen (secondary N) is 1.